The third-order valence-corrected chi connectivity index (χ3v) is 2.93. The summed E-state index contributed by atoms with van der Waals surface area (Å²) in [6.45, 7) is 3.62. The molecule has 2 unspecified atom stereocenters. The maximum absolute atomic E-state index is 11.6. The zero-order valence-corrected chi connectivity index (χ0v) is 9.31. The second-order valence-corrected chi connectivity index (χ2v) is 3.96. The Labute approximate surface area is 94.4 Å². The average molecular weight is 218 g/mol. The van der Waals surface area contributed by atoms with Gasteiger partial charge in [0.25, 0.3) is 0 Å². The van der Waals surface area contributed by atoms with Crippen molar-refractivity contribution in [3.8, 4) is 0 Å². The first-order chi connectivity index (χ1) is 7.61. The number of aliphatic hydroxyl groups is 1. The van der Waals surface area contributed by atoms with Gasteiger partial charge in [-0.1, -0.05) is 30.3 Å². The van der Waals surface area contributed by atoms with E-state index in [1.807, 2.05) is 25.1 Å². The molecule has 0 spiro atoms. The van der Waals surface area contributed by atoms with Crippen LogP contribution in [-0.2, 0) is 9.53 Å². The summed E-state index contributed by atoms with van der Waals surface area (Å²) in [5, 5.41) is 10.1. The summed E-state index contributed by atoms with van der Waals surface area (Å²) in [6, 6.07) is 9.12. The molecule has 3 heteroatoms. The average Bonchev–Trinajstić information content (AvgIpc) is 2.54. The molecule has 1 heterocycles. The maximum atomic E-state index is 11.6. The zero-order chi connectivity index (χ0) is 11.7. The van der Waals surface area contributed by atoms with Crippen LogP contribution in [0.5, 0.6) is 0 Å². The molecule has 1 N–H and O–H groups in total. The normalized spacial score (nSPS) is 22.2. The van der Waals surface area contributed by atoms with Crippen LogP contribution in [0.3, 0.4) is 0 Å². The first-order valence-electron chi connectivity index (χ1n) is 5.26. The zero-order valence-electron chi connectivity index (χ0n) is 9.31. The minimum absolute atomic E-state index is 0.235. The Hall–Kier alpha value is -1.61. The lowest BCUT2D eigenvalue weighted by Gasteiger charge is -2.10. The van der Waals surface area contributed by atoms with Gasteiger partial charge in [-0.25, -0.2) is 4.79 Å². The van der Waals surface area contributed by atoms with Crippen molar-refractivity contribution in [1.82, 2.24) is 0 Å². The van der Waals surface area contributed by atoms with Crippen molar-refractivity contribution in [3.05, 3.63) is 47.0 Å². The number of hydrogen-bond acceptors (Lipinski definition) is 3. The highest BCUT2D eigenvalue weighted by molar-refractivity contribution is 5.93. The number of rotatable bonds is 2. The summed E-state index contributed by atoms with van der Waals surface area (Å²) in [5.41, 5.74) is 1.89. The van der Waals surface area contributed by atoms with E-state index in [-0.39, 0.29) is 6.10 Å². The number of carbonyl (C=O) groups excluding carboxylic acids is 1. The summed E-state index contributed by atoms with van der Waals surface area (Å²) >= 11 is 0. The van der Waals surface area contributed by atoms with Gasteiger partial charge in [0, 0.05) is 0 Å². The molecular formula is C13H14O3. The van der Waals surface area contributed by atoms with Gasteiger partial charge in [0.05, 0.1) is 5.57 Å². The topological polar surface area (TPSA) is 46.5 Å². The fourth-order valence-electron chi connectivity index (χ4n) is 1.82. The van der Waals surface area contributed by atoms with Gasteiger partial charge in [-0.05, 0) is 25.0 Å². The third kappa shape index (κ3) is 1.74. The molecule has 0 saturated carbocycles. The molecule has 0 aromatic heterocycles. The van der Waals surface area contributed by atoms with Crippen molar-refractivity contribution >= 4 is 5.97 Å². The second kappa shape index (κ2) is 4.10. The molecule has 2 rings (SSSR count). The van der Waals surface area contributed by atoms with Gasteiger partial charge >= 0.3 is 5.97 Å². The van der Waals surface area contributed by atoms with Crippen LogP contribution >= 0.6 is 0 Å². The molecule has 3 nitrogen and oxygen atoms in total. The van der Waals surface area contributed by atoms with Crippen molar-refractivity contribution in [2.45, 2.75) is 26.1 Å². The van der Waals surface area contributed by atoms with Crippen molar-refractivity contribution in [2.24, 2.45) is 0 Å². The standard InChI is InChI=1S/C13H14O3/c1-8-9(2)16-13(15)11(8)12(14)10-6-4-3-5-7-10/h3-7,9,12,14H,1-2H3. The molecule has 1 aliphatic rings. The highest BCUT2D eigenvalue weighted by Gasteiger charge is 2.33. The highest BCUT2D eigenvalue weighted by atomic mass is 16.5. The van der Waals surface area contributed by atoms with E-state index in [0.717, 1.165) is 5.57 Å². The summed E-state index contributed by atoms with van der Waals surface area (Å²) < 4.78 is 5.06. The smallest absolute Gasteiger partial charge is 0.337 e. The highest BCUT2D eigenvalue weighted by Crippen LogP contribution is 2.32. The first-order valence-corrected chi connectivity index (χ1v) is 5.26. The van der Waals surface area contributed by atoms with E-state index >= 15 is 0 Å². The lowest BCUT2D eigenvalue weighted by molar-refractivity contribution is -0.140. The quantitative estimate of drug-likeness (QED) is 0.772. The molecule has 0 aliphatic carbocycles. The Morgan fingerprint density at radius 1 is 1.31 bits per heavy atom. The molecule has 1 aliphatic heterocycles. The Morgan fingerprint density at radius 3 is 2.44 bits per heavy atom. The fourth-order valence-corrected chi connectivity index (χ4v) is 1.82. The van der Waals surface area contributed by atoms with Crippen LogP contribution in [0.25, 0.3) is 0 Å². The number of aliphatic hydroxyl groups excluding tert-OH is 1. The number of ether oxygens (including phenoxy) is 1. The van der Waals surface area contributed by atoms with Gasteiger partial charge in [-0.15, -0.1) is 0 Å². The largest absolute Gasteiger partial charge is 0.455 e. The number of cyclic esters (lactones) is 1. The molecule has 0 saturated heterocycles. The molecule has 0 radical (unpaired) electrons. The molecule has 84 valence electrons. The van der Waals surface area contributed by atoms with Crippen molar-refractivity contribution in [3.63, 3.8) is 0 Å². The monoisotopic (exact) mass is 218 g/mol. The molecule has 0 bridgehead atoms. The lowest BCUT2D eigenvalue weighted by Crippen LogP contribution is -2.09. The Morgan fingerprint density at radius 2 is 1.94 bits per heavy atom. The molecule has 0 amide bonds. The number of hydrogen-bond donors (Lipinski definition) is 1. The summed E-state index contributed by atoms with van der Waals surface area (Å²) in [4.78, 5) is 11.6. The molecule has 1 aromatic carbocycles. The van der Waals surface area contributed by atoms with Crippen LogP contribution in [0.15, 0.2) is 41.5 Å². The fraction of sp³-hybridized carbons (Fsp3) is 0.308. The number of esters is 1. The Balaban J connectivity index is 2.36. The Kier molecular flexibility index (Phi) is 2.79. The van der Waals surface area contributed by atoms with Crippen molar-refractivity contribution < 1.29 is 14.6 Å². The molecule has 2 atom stereocenters. The van der Waals surface area contributed by atoms with E-state index in [1.54, 1.807) is 19.1 Å². The predicted octanol–water partition coefficient (Wildman–Crippen LogP) is 1.98. The molecular weight excluding hydrogens is 204 g/mol. The van der Waals surface area contributed by atoms with Crippen LogP contribution in [0.2, 0.25) is 0 Å². The Bertz CT molecular complexity index is 434. The van der Waals surface area contributed by atoms with Gasteiger partial charge < -0.3 is 9.84 Å². The number of benzene rings is 1. The van der Waals surface area contributed by atoms with Gasteiger partial charge in [0.1, 0.15) is 12.2 Å². The SMILES string of the molecule is CC1=C(C(O)c2ccccc2)C(=O)OC1C. The van der Waals surface area contributed by atoms with Gasteiger partial charge in [-0.3, -0.25) is 0 Å². The summed E-state index contributed by atoms with van der Waals surface area (Å²) in [6.07, 6.45) is -1.13. The molecule has 1 aromatic rings. The van der Waals surface area contributed by atoms with E-state index in [1.165, 1.54) is 0 Å². The van der Waals surface area contributed by atoms with Crippen LogP contribution in [0.4, 0.5) is 0 Å². The van der Waals surface area contributed by atoms with E-state index in [4.69, 9.17) is 4.74 Å². The predicted molar refractivity (Wildman–Crippen MR) is 59.7 cm³/mol. The van der Waals surface area contributed by atoms with E-state index < -0.39 is 12.1 Å². The first kappa shape index (κ1) is 10.9. The van der Waals surface area contributed by atoms with Crippen molar-refractivity contribution in [1.29, 1.82) is 0 Å². The van der Waals surface area contributed by atoms with Gasteiger partial charge in [0.2, 0.25) is 0 Å². The minimum Gasteiger partial charge on any atom is -0.455 e. The van der Waals surface area contributed by atoms with E-state index in [2.05, 4.69) is 0 Å². The number of carbonyl (C=O) groups is 1. The molecule has 0 fully saturated rings. The van der Waals surface area contributed by atoms with Crippen molar-refractivity contribution in [2.75, 3.05) is 0 Å². The van der Waals surface area contributed by atoms with E-state index in [0.29, 0.717) is 11.1 Å². The lowest BCUT2D eigenvalue weighted by atomic mass is 9.97. The van der Waals surface area contributed by atoms with Gasteiger partial charge in [-0.2, -0.15) is 0 Å². The third-order valence-electron chi connectivity index (χ3n) is 2.93. The van der Waals surface area contributed by atoms with Crippen LogP contribution in [0.1, 0.15) is 25.5 Å². The van der Waals surface area contributed by atoms with Crippen LogP contribution in [0, 0.1) is 0 Å². The maximum Gasteiger partial charge on any atom is 0.337 e. The van der Waals surface area contributed by atoms with E-state index in [9.17, 15) is 9.90 Å². The van der Waals surface area contributed by atoms with Crippen LogP contribution in [-0.4, -0.2) is 17.2 Å². The minimum atomic E-state index is -0.890. The van der Waals surface area contributed by atoms with Gasteiger partial charge in [0.15, 0.2) is 0 Å². The summed E-state index contributed by atoms with van der Waals surface area (Å²) in [7, 11) is 0. The second-order valence-electron chi connectivity index (χ2n) is 3.96. The van der Waals surface area contributed by atoms with Crippen LogP contribution < -0.4 is 0 Å². The molecule has 16 heavy (non-hydrogen) atoms. The summed E-state index contributed by atoms with van der Waals surface area (Å²) in [5.74, 6) is -0.415.